The number of aliphatic carboxylic acids is 1. The Morgan fingerprint density at radius 2 is 0.775 bits per heavy atom. The van der Waals surface area contributed by atoms with Crippen LogP contribution in [0.3, 0.4) is 0 Å². The lowest BCUT2D eigenvalue weighted by molar-refractivity contribution is -0.192. The maximum Gasteiger partial charge on any atom is 0.490 e. The van der Waals surface area contributed by atoms with Crippen LogP contribution in [0.4, 0.5) is 13.2 Å². The molecule has 0 saturated carbocycles. The Hall–Kier alpha value is -9.43. The average molecular weight is 1700 g/mol. The molecule has 2 bridgehead atoms. The van der Waals surface area contributed by atoms with Gasteiger partial charge in [-0.25, -0.2) is 4.79 Å². The van der Waals surface area contributed by atoms with Crippen LogP contribution in [0.15, 0.2) is 60.7 Å². The van der Waals surface area contributed by atoms with E-state index in [1.165, 1.54) is 4.90 Å². The second-order valence-corrected chi connectivity index (χ2v) is 33.3. The molecular formula is C83H134F3N17O17. The summed E-state index contributed by atoms with van der Waals surface area (Å²) in [6.45, 7) is 21.7. The monoisotopic (exact) mass is 1700 g/mol. The number of rotatable bonds is 26. The zero-order valence-corrected chi connectivity index (χ0v) is 71.5. The topological polar surface area (TPSA) is 529 Å². The number of carbonyl (C=O) groups excluding carboxylic acids is 13. The normalized spacial score (nSPS) is 26.1. The summed E-state index contributed by atoms with van der Waals surface area (Å²) in [4.78, 5) is 202. The van der Waals surface area contributed by atoms with Gasteiger partial charge in [-0.2, -0.15) is 13.2 Å². The van der Waals surface area contributed by atoms with E-state index in [4.69, 9.17) is 42.3 Å². The zero-order valence-electron chi connectivity index (χ0n) is 71.5. The van der Waals surface area contributed by atoms with Crippen LogP contribution >= 0.6 is 0 Å². The number of halogens is 3. The van der Waals surface area contributed by atoms with Gasteiger partial charge in [0.1, 0.15) is 84.7 Å². The van der Waals surface area contributed by atoms with Crippen molar-refractivity contribution in [3.8, 4) is 0 Å². The van der Waals surface area contributed by atoms with Gasteiger partial charge in [0.2, 0.25) is 76.8 Å². The van der Waals surface area contributed by atoms with Crippen LogP contribution in [-0.4, -0.2) is 229 Å². The number of hydrogen-bond acceptors (Lipinski definition) is 20. The number of amides is 13. The summed E-state index contributed by atoms with van der Waals surface area (Å²) in [6.07, 6.45) is -5.75. The van der Waals surface area contributed by atoms with Gasteiger partial charge in [-0.05, 0) is 169 Å². The fourth-order valence-corrected chi connectivity index (χ4v) is 14.1. The lowest BCUT2D eigenvalue weighted by Crippen LogP contribution is -2.62. The molecule has 3 saturated heterocycles. The van der Waals surface area contributed by atoms with Crippen molar-refractivity contribution in [1.82, 2.24) is 68.7 Å². The minimum atomic E-state index is -5.08. The summed E-state index contributed by atoms with van der Waals surface area (Å²) in [7, 11) is 0. The van der Waals surface area contributed by atoms with Crippen LogP contribution in [0, 0.1) is 35.5 Å². The van der Waals surface area contributed by atoms with Crippen molar-refractivity contribution >= 4 is 82.8 Å². The van der Waals surface area contributed by atoms with E-state index in [1.807, 2.05) is 71.9 Å². The Morgan fingerprint density at radius 3 is 1.15 bits per heavy atom. The first-order chi connectivity index (χ1) is 56.6. The van der Waals surface area contributed by atoms with Crippen LogP contribution in [-0.2, 0) is 89.6 Å². The van der Waals surface area contributed by atoms with Crippen LogP contribution in [0.5, 0.6) is 0 Å². The molecule has 3 heterocycles. The Kier molecular flexibility index (Phi) is 44.6. The number of hydrogen-bond donors (Lipinski definition) is 17. The van der Waals surface area contributed by atoms with Gasteiger partial charge in [-0.15, -0.1) is 0 Å². The molecule has 5 rings (SSSR count). The number of nitrogens with zero attached hydrogens (tertiary/aromatic N) is 1. The summed E-state index contributed by atoms with van der Waals surface area (Å²) < 4.78 is 44.7. The highest BCUT2D eigenvalue weighted by atomic mass is 19.4. The van der Waals surface area contributed by atoms with E-state index in [0.29, 0.717) is 12.0 Å². The SMILES string of the molecule is CC(C)C[C@@H]1NC(=O)[C@H](CCCN)NC(=O)[C@H](C(C)C)NC(=O)[C@@H]2CCCN2C(=O)[C@@H](Cc2ccccc2)NC(=O)[C@H](CC(C)C)NC(=O)[C@H](CCCN)NC(=O)[C@H](C(C)C)NC(=O)[C@H](CCCN)NC(=O)[C@H](CC(C)C)NC(=O)[C@H]2CC[C@H](OCc3ccccc3)[C@@H](CNC(=O)[C@H](C(C)C)NC(=O)[C@@H](CCCN)NC1=O)O2.O=C(O)C(F)(F)F. The van der Waals surface area contributed by atoms with Crippen LogP contribution < -0.4 is 86.7 Å². The first kappa shape index (κ1) is 103. The van der Waals surface area contributed by atoms with Crippen molar-refractivity contribution in [1.29, 1.82) is 0 Å². The number of carboxylic acids is 1. The highest BCUT2D eigenvalue weighted by Gasteiger charge is 2.44. The van der Waals surface area contributed by atoms with Crippen molar-refractivity contribution in [2.45, 2.75) is 289 Å². The number of fused-ring (bicyclic) bond motifs is 3. The summed E-state index contributed by atoms with van der Waals surface area (Å²) >= 11 is 0. The molecule has 34 nitrogen and oxygen atoms in total. The maximum atomic E-state index is 15.2. The lowest BCUT2D eigenvalue weighted by atomic mass is 9.97. The van der Waals surface area contributed by atoms with Crippen molar-refractivity contribution in [3.63, 3.8) is 0 Å². The average Bonchev–Trinajstić information content (AvgIpc) is 1.61. The number of carbonyl (C=O) groups is 14. The quantitative estimate of drug-likeness (QED) is 0.0635. The molecule has 3 aliphatic heterocycles. The predicted molar refractivity (Wildman–Crippen MR) is 442 cm³/mol. The summed E-state index contributed by atoms with van der Waals surface area (Å²) in [5, 5.41) is 41.1. The van der Waals surface area contributed by atoms with Crippen LogP contribution in [0.25, 0.3) is 0 Å². The Labute approximate surface area is 702 Å². The minimum Gasteiger partial charge on any atom is -0.475 e. The van der Waals surface area contributed by atoms with E-state index in [0.717, 1.165) is 5.56 Å². The molecule has 15 atom stereocenters. The summed E-state index contributed by atoms with van der Waals surface area (Å²) in [6, 6.07) is 3.02. The largest absolute Gasteiger partial charge is 0.490 e. The van der Waals surface area contributed by atoms with Crippen LogP contribution in [0.1, 0.15) is 191 Å². The molecule has 0 unspecified atom stereocenters. The Balaban J connectivity index is 0.00000412. The van der Waals surface area contributed by atoms with E-state index < -0.39 is 198 Å². The Bertz CT molecular complexity index is 3640. The standard InChI is InChI=1S/C81H133N17O15.C2HF3O2/c1-46(2)40-58-73(103)87-56(30-21-37-84)71(101)95-66(49(7)8)78(108)86-44-65-63(112-45-53-26-17-14-18-27-53)33-34-64(113-65)77(107)93-60(42-48(5)6)74(104)88-57(31-22-38-85)72(102)96-67(50(9)10)79(109)89-54(28-19-35-82)70(100)92-59(41-47(3)4)75(105)94-61(43-52-24-15-13-16-25-52)81(111)98-39-23-32-62(98)76(106)97-68(51(11)12)80(110)90-55(29-20-36-83)69(99)91-58;3-2(4,5)1(6)7/h13-18,24-27,46-51,54-68H,19-23,28-45,82-85H2,1-12H3,(H,86,108)(H,87,103)(H,88,104)(H,89,109)(H,90,110)(H,91,99)(H,92,100)(H,93,107)(H,94,105)(H,95,101)(H,96,102)(H,97,106);(H,6,7)/t54-,55-,56+,57-,58-,59-,60-,61+,62-,63-,64+,65+,66-,67-,68-;/m0./s1. The van der Waals surface area contributed by atoms with Crippen molar-refractivity contribution in [2.75, 3.05) is 39.3 Å². The molecule has 13 amide bonds. The number of nitrogens with one attached hydrogen (secondary N) is 12. The number of nitrogens with two attached hydrogens (primary N) is 4. The predicted octanol–water partition coefficient (Wildman–Crippen LogP) is 1.51. The number of ether oxygens (including phenoxy) is 2. The van der Waals surface area contributed by atoms with E-state index in [-0.39, 0.29) is 160 Å². The molecule has 120 heavy (non-hydrogen) atoms. The summed E-state index contributed by atoms with van der Waals surface area (Å²) in [5.74, 6) is -14.4. The van der Waals surface area contributed by atoms with Gasteiger partial charge in [-0.1, -0.05) is 144 Å². The van der Waals surface area contributed by atoms with Crippen molar-refractivity contribution in [2.24, 2.45) is 58.4 Å². The number of alkyl halides is 3. The fourth-order valence-electron chi connectivity index (χ4n) is 14.1. The van der Waals surface area contributed by atoms with E-state index in [1.54, 1.807) is 71.9 Å². The van der Waals surface area contributed by atoms with Gasteiger partial charge >= 0.3 is 12.1 Å². The highest BCUT2D eigenvalue weighted by molar-refractivity contribution is 6.00. The smallest absolute Gasteiger partial charge is 0.475 e. The highest BCUT2D eigenvalue weighted by Crippen LogP contribution is 2.26. The number of carboxylic acid groups (broad SMARTS) is 1. The van der Waals surface area contributed by atoms with Gasteiger partial charge in [-0.3, -0.25) is 62.3 Å². The molecule has 674 valence electrons. The molecule has 0 radical (unpaired) electrons. The molecular weight excluding hydrogens is 1560 g/mol. The molecule has 2 aromatic rings. The molecule has 0 aliphatic carbocycles. The van der Waals surface area contributed by atoms with Crippen molar-refractivity contribution < 1.29 is 94.9 Å². The zero-order chi connectivity index (χ0) is 89.7. The third-order valence-corrected chi connectivity index (χ3v) is 20.6. The third kappa shape index (κ3) is 35.0. The first-order valence-corrected chi connectivity index (χ1v) is 42.0. The van der Waals surface area contributed by atoms with Crippen LogP contribution in [0.2, 0.25) is 0 Å². The number of benzene rings is 2. The second-order valence-electron chi connectivity index (χ2n) is 33.3. The molecule has 0 spiro atoms. The van der Waals surface area contributed by atoms with E-state index in [9.17, 15) is 70.7 Å². The third-order valence-electron chi connectivity index (χ3n) is 20.6. The minimum absolute atomic E-state index is 0.000799. The van der Waals surface area contributed by atoms with Gasteiger partial charge in [0, 0.05) is 19.5 Å². The van der Waals surface area contributed by atoms with E-state index in [2.05, 4.69) is 63.8 Å². The molecule has 37 heteroatoms. The van der Waals surface area contributed by atoms with Crippen molar-refractivity contribution in [3.05, 3.63) is 71.8 Å². The first-order valence-electron chi connectivity index (χ1n) is 42.0. The maximum absolute atomic E-state index is 15.2. The summed E-state index contributed by atoms with van der Waals surface area (Å²) in [5.41, 5.74) is 25.5. The second kappa shape index (κ2) is 52.0. The van der Waals surface area contributed by atoms with Gasteiger partial charge in [0.15, 0.2) is 0 Å². The molecule has 3 aliphatic rings. The molecule has 3 fully saturated rings. The molecule has 0 aromatic heterocycles. The molecule has 21 N–H and O–H groups in total. The Morgan fingerprint density at radius 1 is 0.442 bits per heavy atom. The molecule has 2 aromatic carbocycles. The van der Waals surface area contributed by atoms with Gasteiger partial charge < -0.3 is 106 Å². The van der Waals surface area contributed by atoms with E-state index >= 15 is 4.79 Å². The lowest BCUT2D eigenvalue weighted by Gasteiger charge is -2.37. The van der Waals surface area contributed by atoms with Gasteiger partial charge in [0.05, 0.1) is 12.7 Å². The fraction of sp³-hybridized carbons (Fsp3) is 0.687. The van der Waals surface area contributed by atoms with Gasteiger partial charge in [0.25, 0.3) is 0 Å².